The highest BCUT2D eigenvalue weighted by atomic mass is 35.5. The maximum Gasteiger partial charge on any atom is 0.239 e. The molecule has 2 fully saturated rings. The maximum absolute atomic E-state index is 12.9. The molecule has 0 saturated carbocycles. The van der Waals surface area contributed by atoms with Crippen LogP contribution in [0.5, 0.6) is 0 Å². The number of nitrogens with two attached hydrogens (primary N) is 2. The summed E-state index contributed by atoms with van der Waals surface area (Å²) in [5.41, 5.74) is 12.7. The van der Waals surface area contributed by atoms with Gasteiger partial charge in [0.05, 0.1) is 6.04 Å². The van der Waals surface area contributed by atoms with E-state index in [9.17, 15) is 9.59 Å². The summed E-state index contributed by atoms with van der Waals surface area (Å²) in [4.78, 5) is 28.4. The first-order valence-corrected chi connectivity index (χ1v) is 9.58. The Labute approximate surface area is 167 Å². The van der Waals surface area contributed by atoms with Crippen molar-refractivity contribution in [2.24, 2.45) is 23.3 Å². The van der Waals surface area contributed by atoms with Gasteiger partial charge in [-0.15, -0.1) is 12.4 Å². The number of amides is 2. The molecule has 27 heavy (non-hydrogen) atoms. The molecule has 7 heteroatoms. The monoisotopic (exact) mass is 394 g/mol. The van der Waals surface area contributed by atoms with Crippen LogP contribution in [0.4, 0.5) is 0 Å². The van der Waals surface area contributed by atoms with Gasteiger partial charge >= 0.3 is 0 Å². The SMILES string of the molecule is CC(C(=O)N1CCC(C(N)=O)CC1)N1C[C@@H](CN)[C@H](c2ccccc2)C1.Cl. The Balaban J connectivity index is 0.00000261. The predicted octanol–water partition coefficient (Wildman–Crippen LogP) is 1.19. The molecule has 2 heterocycles. The van der Waals surface area contributed by atoms with Gasteiger partial charge in [-0.25, -0.2) is 0 Å². The summed E-state index contributed by atoms with van der Waals surface area (Å²) in [7, 11) is 0. The van der Waals surface area contributed by atoms with Crippen molar-refractivity contribution in [3.63, 3.8) is 0 Å². The topological polar surface area (TPSA) is 92.7 Å². The molecule has 0 aliphatic carbocycles. The van der Waals surface area contributed by atoms with E-state index in [0.29, 0.717) is 44.3 Å². The Morgan fingerprint density at radius 3 is 2.33 bits per heavy atom. The van der Waals surface area contributed by atoms with Gasteiger partial charge in [0.1, 0.15) is 0 Å². The number of carbonyl (C=O) groups excluding carboxylic acids is 2. The normalized spacial score (nSPS) is 25.0. The van der Waals surface area contributed by atoms with E-state index >= 15 is 0 Å². The first-order chi connectivity index (χ1) is 12.5. The minimum Gasteiger partial charge on any atom is -0.369 e. The van der Waals surface area contributed by atoms with Crippen LogP contribution in [0, 0.1) is 11.8 Å². The van der Waals surface area contributed by atoms with Gasteiger partial charge in [-0.3, -0.25) is 14.5 Å². The Morgan fingerprint density at radius 2 is 1.78 bits per heavy atom. The molecule has 2 aliphatic rings. The molecule has 0 spiro atoms. The molecule has 0 radical (unpaired) electrons. The van der Waals surface area contributed by atoms with Crippen LogP contribution in [0.25, 0.3) is 0 Å². The van der Waals surface area contributed by atoms with E-state index < -0.39 is 0 Å². The molecule has 2 aliphatic heterocycles. The number of likely N-dealkylation sites (tertiary alicyclic amines) is 2. The number of nitrogens with zero attached hydrogens (tertiary/aromatic N) is 2. The van der Waals surface area contributed by atoms with Crippen molar-refractivity contribution in [2.75, 3.05) is 32.7 Å². The first-order valence-electron chi connectivity index (χ1n) is 9.58. The minimum atomic E-state index is -0.249. The molecule has 0 aromatic heterocycles. The van der Waals surface area contributed by atoms with Crippen LogP contribution in [-0.2, 0) is 9.59 Å². The van der Waals surface area contributed by atoms with Crippen LogP contribution in [-0.4, -0.2) is 60.4 Å². The van der Waals surface area contributed by atoms with Gasteiger partial charge < -0.3 is 16.4 Å². The molecular weight excluding hydrogens is 364 g/mol. The fraction of sp³-hybridized carbons (Fsp3) is 0.600. The summed E-state index contributed by atoms with van der Waals surface area (Å²) in [6, 6.07) is 10.3. The van der Waals surface area contributed by atoms with Crippen LogP contribution < -0.4 is 11.5 Å². The smallest absolute Gasteiger partial charge is 0.239 e. The van der Waals surface area contributed by atoms with Crippen molar-refractivity contribution >= 4 is 24.2 Å². The Bertz CT molecular complexity index is 634. The second-order valence-corrected chi connectivity index (χ2v) is 7.64. The van der Waals surface area contributed by atoms with Crippen molar-refractivity contribution in [2.45, 2.75) is 31.7 Å². The van der Waals surface area contributed by atoms with Crippen LogP contribution in [0.15, 0.2) is 30.3 Å². The lowest BCUT2D eigenvalue weighted by atomic mass is 9.89. The summed E-state index contributed by atoms with van der Waals surface area (Å²) >= 11 is 0. The lowest BCUT2D eigenvalue weighted by Gasteiger charge is -2.34. The molecular formula is C20H31ClN4O2. The second kappa shape index (κ2) is 9.53. The van der Waals surface area contributed by atoms with E-state index in [1.165, 1.54) is 5.56 Å². The Kier molecular flexibility index (Phi) is 7.65. The number of rotatable bonds is 5. The lowest BCUT2D eigenvalue weighted by molar-refractivity contribution is -0.139. The molecule has 1 aromatic carbocycles. The third-order valence-electron chi connectivity index (χ3n) is 6.11. The summed E-state index contributed by atoms with van der Waals surface area (Å²) in [6.07, 6.45) is 1.34. The molecule has 6 nitrogen and oxygen atoms in total. The number of hydrogen-bond donors (Lipinski definition) is 2. The van der Waals surface area contributed by atoms with E-state index in [1.807, 2.05) is 17.9 Å². The molecule has 0 bridgehead atoms. The number of carbonyl (C=O) groups is 2. The van der Waals surface area contributed by atoms with Crippen molar-refractivity contribution in [1.82, 2.24) is 9.80 Å². The molecule has 150 valence electrons. The maximum atomic E-state index is 12.9. The number of primary amides is 1. The van der Waals surface area contributed by atoms with Gasteiger partial charge in [-0.1, -0.05) is 30.3 Å². The van der Waals surface area contributed by atoms with E-state index in [1.54, 1.807) is 0 Å². The summed E-state index contributed by atoms with van der Waals surface area (Å²) in [5, 5.41) is 0. The molecule has 2 amide bonds. The minimum absolute atomic E-state index is 0. The van der Waals surface area contributed by atoms with Gasteiger partial charge in [0.2, 0.25) is 11.8 Å². The summed E-state index contributed by atoms with van der Waals surface area (Å²) < 4.78 is 0. The predicted molar refractivity (Wildman–Crippen MR) is 109 cm³/mol. The van der Waals surface area contributed by atoms with Crippen molar-refractivity contribution in [3.05, 3.63) is 35.9 Å². The van der Waals surface area contributed by atoms with Crippen LogP contribution in [0.2, 0.25) is 0 Å². The standard InChI is InChI=1S/C20H30N4O2.ClH/c1-14(20(26)23-9-7-16(8-10-23)19(22)25)24-12-17(11-21)18(13-24)15-5-3-2-4-6-15;/h2-6,14,16-18H,7-13,21H2,1H3,(H2,22,25);1H/t14?,17-,18+;/m1./s1. The molecule has 3 rings (SSSR count). The fourth-order valence-corrected chi connectivity index (χ4v) is 4.34. The van der Waals surface area contributed by atoms with Gasteiger partial charge in [0.15, 0.2) is 0 Å². The highest BCUT2D eigenvalue weighted by Gasteiger charge is 2.38. The number of benzene rings is 1. The highest BCUT2D eigenvalue weighted by Crippen LogP contribution is 2.33. The lowest BCUT2D eigenvalue weighted by Crippen LogP contribution is -2.50. The molecule has 4 N–H and O–H groups in total. The quantitative estimate of drug-likeness (QED) is 0.784. The molecule has 1 aromatic rings. The number of halogens is 1. The van der Waals surface area contributed by atoms with Gasteiger partial charge in [0.25, 0.3) is 0 Å². The Hall–Kier alpha value is -1.63. The van der Waals surface area contributed by atoms with Crippen molar-refractivity contribution in [1.29, 1.82) is 0 Å². The van der Waals surface area contributed by atoms with Crippen LogP contribution in [0.1, 0.15) is 31.2 Å². The largest absolute Gasteiger partial charge is 0.369 e. The average molecular weight is 395 g/mol. The Morgan fingerprint density at radius 1 is 1.15 bits per heavy atom. The van der Waals surface area contributed by atoms with E-state index in [-0.39, 0.29) is 36.2 Å². The summed E-state index contributed by atoms with van der Waals surface area (Å²) in [5.74, 6) is 0.550. The fourth-order valence-electron chi connectivity index (χ4n) is 4.34. The zero-order valence-electron chi connectivity index (χ0n) is 15.9. The molecule has 1 unspecified atom stereocenters. The average Bonchev–Trinajstić information content (AvgIpc) is 3.12. The number of piperidine rings is 1. The second-order valence-electron chi connectivity index (χ2n) is 7.64. The van der Waals surface area contributed by atoms with Gasteiger partial charge in [0, 0.05) is 38.0 Å². The van der Waals surface area contributed by atoms with Crippen molar-refractivity contribution < 1.29 is 9.59 Å². The van der Waals surface area contributed by atoms with Crippen LogP contribution in [0.3, 0.4) is 0 Å². The zero-order chi connectivity index (χ0) is 18.7. The number of hydrogen-bond acceptors (Lipinski definition) is 4. The third kappa shape index (κ3) is 4.81. The third-order valence-corrected chi connectivity index (χ3v) is 6.11. The first kappa shape index (κ1) is 21.7. The van der Waals surface area contributed by atoms with Gasteiger partial charge in [-0.2, -0.15) is 0 Å². The van der Waals surface area contributed by atoms with Gasteiger partial charge in [-0.05, 0) is 37.8 Å². The van der Waals surface area contributed by atoms with Crippen molar-refractivity contribution in [3.8, 4) is 0 Å². The summed E-state index contributed by atoms with van der Waals surface area (Å²) in [6.45, 7) is 5.56. The highest BCUT2D eigenvalue weighted by molar-refractivity contribution is 5.85. The van der Waals surface area contributed by atoms with Crippen LogP contribution >= 0.6 is 12.4 Å². The van der Waals surface area contributed by atoms with E-state index in [2.05, 4.69) is 29.2 Å². The molecule has 2 saturated heterocycles. The molecule has 3 atom stereocenters. The van der Waals surface area contributed by atoms with E-state index in [0.717, 1.165) is 13.1 Å². The van der Waals surface area contributed by atoms with E-state index in [4.69, 9.17) is 11.5 Å². The zero-order valence-corrected chi connectivity index (χ0v) is 16.7.